The van der Waals surface area contributed by atoms with Crippen LogP contribution in [0.4, 0.5) is 4.39 Å². The molecule has 1 atom stereocenters. The van der Waals surface area contributed by atoms with Gasteiger partial charge in [-0.2, -0.15) is 0 Å². The molecule has 0 bridgehead atoms. The molecular weight excluding hydrogens is 289 g/mol. The first kappa shape index (κ1) is 16.3. The van der Waals surface area contributed by atoms with Crippen molar-refractivity contribution in [1.29, 1.82) is 0 Å². The standard InChI is InChI=1S/C16H20FNO4/c1-11(22-14-8-6-12(17)7-9-14)16(20)21-10-15(19)18-13-4-2-3-5-13/h6-9,11,13H,2-5,10H2,1H3,(H,18,19)/t11-/m1/s1. The summed E-state index contributed by atoms with van der Waals surface area (Å²) < 4.78 is 23.0. The van der Waals surface area contributed by atoms with Gasteiger partial charge in [0.05, 0.1) is 0 Å². The average Bonchev–Trinajstić information content (AvgIpc) is 3.00. The lowest BCUT2D eigenvalue weighted by molar-refractivity contribution is -0.154. The number of ether oxygens (including phenoxy) is 2. The van der Waals surface area contributed by atoms with Crippen molar-refractivity contribution in [2.24, 2.45) is 0 Å². The highest BCUT2D eigenvalue weighted by Crippen LogP contribution is 2.17. The molecule has 1 amide bonds. The molecule has 1 N–H and O–H groups in total. The highest BCUT2D eigenvalue weighted by molar-refractivity contribution is 5.82. The summed E-state index contributed by atoms with van der Waals surface area (Å²) in [6.07, 6.45) is 3.32. The summed E-state index contributed by atoms with van der Waals surface area (Å²) in [5, 5.41) is 2.83. The van der Waals surface area contributed by atoms with Crippen LogP contribution in [0.5, 0.6) is 5.75 Å². The molecule has 0 unspecified atom stereocenters. The van der Waals surface area contributed by atoms with Gasteiger partial charge in [0.1, 0.15) is 11.6 Å². The smallest absolute Gasteiger partial charge is 0.347 e. The minimum absolute atomic E-state index is 0.194. The number of carbonyl (C=O) groups is 2. The van der Waals surface area contributed by atoms with E-state index in [0.717, 1.165) is 25.7 Å². The molecular formula is C16H20FNO4. The van der Waals surface area contributed by atoms with Crippen LogP contribution in [0.15, 0.2) is 24.3 Å². The molecule has 1 fully saturated rings. The molecule has 1 aromatic carbocycles. The Morgan fingerprint density at radius 3 is 2.55 bits per heavy atom. The van der Waals surface area contributed by atoms with Crippen LogP contribution >= 0.6 is 0 Å². The predicted molar refractivity (Wildman–Crippen MR) is 77.8 cm³/mol. The Morgan fingerprint density at radius 2 is 1.91 bits per heavy atom. The average molecular weight is 309 g/mol. The molecule has 0 aromatic heterocycles. The molecule has 1 aromatic rings. The first-order chi connectivity index (χ1) is 10.5. The van der Waals surface area contributed by atoms with Crippen LogP contribution in [-0.2, 0) is 14.3 Å². The van der Waals surface area contributed by atoms with Crippen LogP contribution in [-0.4, -0.2) is 30.6 Å². The fraction of sp³-hybridized carbons (Fsp3) is 0.500. The number of halogens is 1. The van der Waals surface area contributed by atoms with E-state index in [1.54, 1.807) is 0 Å². The van der Waals surface area contributed by atoms with Gasteiger partial charge in [0.15, 0.2) is 12.7 Å². The molecule has 22 heavy (non-hydrogen) atoms. The van der Waals surface area contributed by atoms with E-state index in [0.29, 0.717) is 5.75 Å². The van der Waals surface area contributed by atoms with Crippen LogP contribution in [0.3, 0.4) is 0 Å². The molecule has 6 heteroatoms. The summed E-state index contributed by atoms with van der Waals surface area (Å²) in [7, 11) is 0. The summed E-state index contributed by atoms with van der Waals surface area (Å²) in [6, 6.07) is 5.52. The summed E-state index contributed by atoms with van der Waals surface area (Å²) in [6.45, 7) is 1.20. The molecule has 0 saturated heterocycles. The van der Waals surface area contributed by atoms with Gasteiger partial charge in [-0.1, -0.05) is 12.8 Å². The Morgan fingerprint density at radius 1 is 1.27 bits per heavy atom. The third kappa shape index (κ3) is 5.02. The van der Waals surface area contributed by atoms with E-state index in [2.05, 4.69) is 5.32 Å². The second-order valence-corrected chi connectivity index (χ2v) is 5.37. The van der Waals surface area contributed by atoms with E-state index < -0.39 is 12.1 Å². The quantitative estimate of drug-likeness (QED) is 0.818. The van der Waals surface area contributed by atoms with Crippen molar-refractivity contribution in [3.05, 3.63) is 30.1 Å². The van der Waals surface area contributed by atoms with Gasteiger partial charge < -0.3 is 14.8 Å². The molecule has 1 saturated carbocycles. The number of amides is 1. The molecule has 1 aliphatic carbocycles. The van der Waals surface area contributed by atoms with E-state index >= 15 is 0 Å². The largest absolute Gasteiger partial charge is 0.479 e. The number of nitrogens with one attached hydrogen (secondary N) is 1. The summed E-state index contributed by atoms with van der Waals surface area (Å²) in [5.74, 6) is -0.951. The van der Waals surface area contributed by atoms with Crippen molar-refractivity contribution in [3.8, 4) is 5.75 Å². The molecule has 5 nitrogen and oxygen atoms in total. The summed E-state index contributed by atoms with van der Waals surface area (Å²) in [4.78, 5) is 23.4. The van der Waals surface area contributed by atoms with Crippen molar-refractivity contribution in [1.82, 2.24) is 5.32 Å². The van der Waals surface area contributed by atoms with Gasteiger partial charge in [-0.05, 0) is 44.0 Å². The van der Waals surface area contributed by atoms with Gasteiger partial charge in [-0.25, -0.2) is 9.18 Å². The van der Waals surface area contributed by atoms with Gasteiger partial charge >= 0.3 is 5.97 Å². The van der Waals surface area contributed by atoms with Crippen molar-refractivity contribution in [3.63, 3.8) is 0 Å². The highest BCUT2D eigenvalue weighted by atomic mass is 19.1. The molecule has 2 rings (SSSR count). The predicted octanol–water partition coefficient (Wildman–Crippen LogP) is 2.19. The number of hydrogen-bond donors (Lipinski definition) is 1. The maximum absolute atomic E-state index is 12.8. The van der Waals surface area contributed by atoms with Crippen molar-refractivity contribution in [2.45, 2.75) is 44.8 Å². The van der Waals surface area contributed by atoms with Crippen LogP contribution in [0, 0.1) is 5.82 Å². The Kier molecular flexibility index (Phi) is 5.75. The van der Waals surface area contributed by atoms with Crippen LogP contribution in [0.2, 0.25) is 0 Å². The molecule has 0 aliphatic heterocycles. The van der Waals surface area contributed by atoms with Gasteiger partial charge in [-0.15, -0.1) is 0 Å². The normalized spacial score (nSPS) is 16.1. The van der Waals surface area contributed by atoms with E-state index in [1.807, 2.05) is 0 Å². The number of benzene rings is 1. The zero-order valence-corrected chi connectivity index (χ0v) is 12.5. The minimum atomic E-state index is -0.871. The Bertz CT molecular complexity index is 511. The summed E-state index contributed by atoms with van der Waals surface area (Å²) >= 11 is 0. The number of hydrogen-bond acceptors (Lipinski definition) is 4. The monoisotopic (exact) mass is 309 g/mol. The zero-order valence-electron chi connectivity index (χ0n) is 12.5. The first-order valence-corrected chi connectivity index (χ1v) is 7.43. The second-order valence-electron chi connectivity index (χ2n) is 5.37. The van der Waals surface area contributed by atoms with Crippen LogP contribution in [0.25, 0.3) is 0 Å². The number of carbonyl (C=O) groups excluding carboxylic acids is 2. The lowest BCUT2D eigenvalue weighted by Gasteiger charge is -2.15. The van der Waals surface area contributed by atoms with E-state index in [9.17, 15) is 14.0 Å². The molecule has 120 valence electrons. The lowest BCUT2D eigenvalue weighted by atomic mass is 10.2. The second kappa shape index (κ2) is 7.77. The maximum Gasteiger partial charge on any atom is 0.347 e. The van der Waals surface area contributed by atoms with Gasteiger partial charge in [0.2, 0.25) is 0 Å². The Labute approximate surface area is 128 Å². The summed E-state index contributed by atoms with van der Waals surface area (Å²) in [5.41, 5.74) is 0. The molecule has 1 aliphatic rings. The van der Waals surface area contributed by atoms with Gasteiger partial charge in [0, 0.05) is 6.04 Å². The molecule has 0 heterocycles. The van der Waals surface area contributed by atoms with Gasteiger partial charge in [0.25, 0.3) is 5.91 Å². The number of rotatable bonds is 6. The van der Waals surface area contributed by atoms with Crippen LogP contribution in [0.1, 0.15) is 32.6 Å². The SMILES string of the molecule is C[C@@H](Oc1ccc(F)cc1)C(=O)OCC(=O)NC1CCCC1. The van der Waals surface area contributed by atoms with Crippen LogP contribution < -0.4 is 10.1 Å². The Hall–Kier alpha value is -2.11. The Balaban J connectivity index is 1.71. The fourth-order valence-electron chi connectivity index (χ4n) is 2.36. The molecule has 0 spiro atoms. The first-order valence-electron chi connectivity index (χ1n) is 7.43. The molecule has 0 radical (unpaired) electrons. The van der Waals surface area contributed by atoms with E-state index in [1.165, 1.54) is 31.2 Å². The number of esters is 1. The minimum Gasteiger partial charge on any atom is -0.479 e. The van der Waals surface area contributed by atoms with E-state index in [-0.39, 0.29) is 24.4 Å². The third-order valence-corrected chi connectivity index (χ3v) is 3.52. The highest BCUT2D eigenvalue weighted by Gasteiger charge is 2.20. The zero-order chi connectivity index (χ0) is 15.9. The third-order valence-electron chi connectivity index (χ3n) is 3.52. The topological polar surface area (TPSA) is 64.6 Å². The lowest BCUT2D eigenvalue weighted by Crippen LogP contribution is -2.37. The maximum atomic E-state index is 12.8. The van der Waals surface area contributed by atoms with Gasteiger partial charge in [-0.3, -0.25) is 4.79 Å². The fourth-order valence-corrected chi connectivity index (χ4v) is 2.36. The van der Waals surface area contributed by atoms with Crippen molar-refractivity contribution < 1.29 is 23.5 Å². The van der Waals surface area contributed by atoms with Crippen molar-refractivity contribution >= 4 is 11.9 Å². The van der Waals surface area contributed by atoms with E-state index in [4.69, 9.17) is 9.47 Å². The van der Waals surface area contributed by atoms with Crippen molar-refractivity contribution in [2.75, 3.05) is 6.61 Å².